The summed E-state index contributed by atoms with van der Waals surface area (Å²) >= 11 is 13.6. The minimum atomic E-state index is -0.362. The number of anilines is 2. The lowest BCUT2D eigenvalue weighted by Gasteiger charge is -2.19. The van der Waals surface area contributed by atoms with E-state index in [0.717, 1.165) is 24.0 Å². The molecule has 51 heavy (non-hydrogen) atoms. The number of hydrogen-bond donors (Lipinski definition) is 2. The van der Waals surface area contributed by atoms with E-state index in [1.165, 1.54) is 20.3 Å². The Hall–Kier alpha value is -4.71. The Morgan fingerprint density at radius 2 is 1.84 bits per heavy atom. The Bertz CT molecular complexity index is 2030. The van der Waals surface area contributed by atoms with Gasteiger partial charge in [0.15, 0.2) is 5.78 Å². The Kier molecular flexibility index (Phi) is 12.2. The molecule has 1 aliphatic rings. The van der Waals surface area contributed by atoms with Crippen LogP contribution in [0.4, 0.5) is 11.6 Å². The van der Waals surface area contributed by atoms with Gasteiger partial charge in [-0.25, -0.2) is 4.98 Å². The van der Waals surface area contributed by atoms with Crippen LogP contribution in [0.3, 0.4) is 0 Å². The van der Waals surface area contributed by atoms with E-state index in [4.69, 9.17) is 37.7 Å². The van der Waals surface area contributed by atoms with Gasteiger partial charge in [0.25, 0.3) is 5.56 Å². The number of para-hydroxylation sites is 1. The van der Waals surface area contributed by atoms with Crippen molar-refractivity contribution in [2.45, 2.75) is 45.2 Å². The van der Waals surface area contributed by atoms with Gasteiger partial charge < -0.3 is 25.0 Å². The van der Waals surface area contributed by atoms with E-state index < -0.39 is 0 Å². The first kappa shape index (κ1) is 37.5. The third-order valence-electron chi connectivity index (χ3n) is 8.93. The second kappa shape index (κ2) is 16.5. The number of nitrogens with one attached hydrogen (secondary N) is 2. The number of likely N-dealkylation sites (N-methyl/N-ethyl adjacent to an activating group) is 1. The van der Waals surface area contributed by atoms with Gasteiger partial charge in [0.1, 0.15) is 17.1 Å². The van der Waals surface area contributed by atoms with Crippen LogP contribution in [0.1, 0.15) is 30.4 Å². The Balaban J connectivity index is 1.58. The Labute approximate surface area is 307 Å². The number of carbonyl (C=O) groups is 2. The fourth-order valence-electron chi connectivity index (χ4n) is 6.37. The molecule has 1 amide bonds. The van der Waals surface area contributed by atoms with E-state index in [0.29, 0.717) is 47.7 Å². The highest BCUT2D eigenvalue weighted by Crippen LogP contribution is 2.45. The summed E-state index contributed by atoms with van der Waals surface area (Å²) in [5.74, 6) is 0.650. The maximum absolute atomic E-state index is 14.6. The van der Waals surface area contributed by atoms with Crippen LogP contribution in [0.25, 0.3) is 22.2 Å². The summed E-state index contributed by atoms with van der Waals surface area (Å²) in [5.41, 5.74) is 2.91. The van der Waals surface area contributed by atoms with Gasteiger partial charge in [-0.05, 0) is 69.5 Å². The molecule has 268 valence electrons. The van der Waals surface area contributed by atoms with Gasteiger partial charge in [0.2, 0.25) is 11.9 Å². The van der Waals surface area contributed by atoms with Gasteiger partial charge in [-0.15, -0.1) is 0 Å². The molecule has 2 aromatic carbocycles. The van der Waals surface area contributed by atoms with Crippen LogP contribution in [0, 0.1) is 12.8 Å². The van der Waals surface area contributed by atoms with Gasteiger partial charge >= 0.3 is 0 Å². The van der Waals surface area contributed by atoms with Crippen molar-refractivity contribution in [3.8, 4) is 22.6 Å². The second-order valence-electron chi connectivity index (χ2n) is 12.9. The highest BCUT2D eigenvalue weighted by Gasteiger charge is 2.29. The normalized spacial score (nSPS) is 15.8. The van der Waals surface area contributed by atoms with Crippen LogP contribution >= 0.6 is 23.2 Å². The van der Waals surface area contributed by atoms with E-state index >= 15 is 0 Å². The lowest BCUT2D eigenvalue weighted by atomic mass is 10.0. The maximum atomic E-state index is 14.6. The third kappa shape index (κ3) is 8.61. The molecule has 1 saturated carbocycles. The zero-order chi connectivity index (χ0) is 36.8. The summed E-state index contributed by atoms with van der Waals surface area (Å²) in [5, 5.41) is 7.30. The maximum Gasteiger partial charge on any atom is 0.260 e. The molecule has 5 rings (SSSR count). The molecule has 2 N–H and O–H groups in total. The molecule has 1 fully saturated rings. The first-order valence-electron chi connectivity index (χ1n) is 16.6. The summed E-state index contributed by atoms with van der Waals surface area (Å²) < 4.78 is 12.6. The standard InChI is InChI=1S/C38H42Cl2N6O5/c1-7-27(47)17-24-11-8-10-22(2)35(24)43-38-41-20-25-18-28(32-33(39)29(50-5)19-30(51-6)34(32)40)37(49)46(36(25)44-38)21-23-13-14-26(16-23)42-31(48)12-9-15-45(3)4/h7-12,18-20,23,26H,1,13-17,21H2,2-6H3,(H,42,48)(H,41,43,44)/b12-9+. The summed E-state index contributed by atoms with van der Waals surface area (Å²) in [6.45, 7) is 6.51. The smallest absolute Gasteiger partial charge is 0.260 e. The number of benzene rings is 2. The van der Waals surface area contributed by atoms with Crippen molar-refractivity contribution in [1.82, 2.24) is 24.8 Å². The number of pyridine rings is 1. The number of methoxy groups -OCH3 is 2. The molecule has 2 aromatic heterocycles. The van der Waals surface area contributed by atoms with Crippen molar-refractivity contribution in [2.24, 2.45) is 5.92 Å². The predicted molar refractivity (Wildman–Crippen MR) is 203 cm³/mol. The molecule has 0 saturated heterocycles. The lowest BCUT2D eigenvalue weighted by molar-refractivity contribution is -0.117. The van der Waals surface area contributed by atoms with Crippen molar-refractivity contribution in [3.05, 3.63) is 92.9 Å². The van der Waals surface area contributed by atoms with Crippen LogP contribution in [-0.2, 0) is 22.6 Å². The molecular weight excluding hydrogens is 691 g/mol. The van der Waals surface area contributed by atoms with Crippen LogP contribution < -0.4 is 25.7 Å². The fraction of sp³-hybridized carbons (Fsp3) is 0.342. The zero-order valence-electron chi connectivity index (χ0n) is 29.4. The molecule has 0 spiro atoms. The first-order valence-corrected chi connectivity index (χ1v) is 17.3. The number of hydrogen-bond acceptors (Lipinski definition) is 9. The fourth-order valence-corrected chi connectivity index (χ4v) is 7.07. The average Bonchev–Trinajstić information content (AvgIpc) is 3.54. The number of aryl methyl sites for hydroxylation is 1. The number of fused-ring (bicyclic) bond motifs is 1. The number of rotatable bonds is 14. The summed E-state index contributed by atoms with van der Waals surface area (Å²) in [6.07, 6.45) is 8.72. The third-order valence-corrected chi connectivity index (χ3v) is 9.68. The highest BCUT2D eigenvalue weighted by molar-refractivity contribution is 6.41. The Morgan fingerprint density at radius 3 is 2.51 bits per heavy atom. The van der Waals surface area contributed by atoms with E-state index in [1.807, 2.05) is 50.2 Å². The van der Waals surface area contributed by atoms with E-state index in [-0.39, 0.29) is 62.8 Å². The number of allylic oxidation sites excluding steroid dienone is 1. The van der Waals surface area contributed by atoms with Gasteiger partial charge in [-0.2, -0.15) is 4.98 Å². The van der Waals surface area contributed by atoms with Crippen LogP contribution in [-0.4, -0.2) is 72.0 Å². The molecule has 1 aliphatic carbocycles. The van der Waals surface area contributed by atoms with Crippen molar-refractivity contribution >= 4 is 57.6 Å². The van der Waals surface area contributed by atoms with Crippen molar-refractivity contribution < 1.29 is 19.1 Å². The number of ether oxygens (including phenoxy) is 2. The van der Waals surface area contributed by atoms with Gasteiger partial charge in [0, 0.05) is 60.5 Å². The number of nitrogens with zero attached hydrogens (tertiary/aromatic N) is 4. The van der Waals surface area contributed by atoms with E-state index in [9.17, 15) is 14.4 Å². The topological polar surface area (TPSA) is 128 Å². The predicted octanol–water partition coefficient (Wildman–Crippen LogP) is 6.53. The molecule has 4 aromatic rings. The number of amides is 1. The molecule has 2 atom stereocenters. The molecule has 11 nitrogen and oxygen atoms in total. The van der Waals surface area contributed by atoms with Crippen LogP contribution in [0.15, 0.2) is 66.1 Å². The molecular formula is C38H42Cl2N6O5. The van der Waals surface area contributed by atoms with Crippen LogP contribution in [0.5, 0.6) is 11.5 Å². The molecule has 0 bridgehead atoms. The van der Waals surface area contributed by atoms with E-state index in [1.54, 1.807) is 29.0 Å². The first-order chi connectivity index (χ1) is 24.4. The van der Waals surface area contributed by atoms with Crippen molar-refractivity contribution in [1.29, 1.82) is 0 Å². The Morgan fingerprint density at radius 1 is 1.12 bits per heavy atom. The van der Waals surface area contributed by atoms with Crippen LogP contribution in [0.2, 0.25) is 10.0 Å². The summed E-state index contributed by atoms with van der Waals surface area (Å²) in [7, 11) is 6.82. The van der Waals surface area contributed by atoms with E-state index in [2.05, 4.69) is 22.2 Å². The monoisotopic (exact) mass is 732 g/mol. The number of halogens is 2. The summed E-state index contributed by atoms with van der Waals surface area (Å²) in [4.78, 5) is 50.9. The second-order valence-corrected chi connectivity index (χ2v) is 13.6. The molecule has 2 heterocycles. The van der Waals surface area contributed by atoms with Crippen molar-refractivity contribution in [2.75, 3.05) is 40.2 Å². The number of carbonyl (C=O) groups excluding carboxylic acids is 2. The highest BCUT2D eigenvalue weighted by atomic mass is 35.5. The molecule has 2 unspecified atom stereocenters. The van der Waals surface area contributed by atoms with Gasteiger partial charge in [-0.3, -0.25) is 19.0 Å². The lowest BCUT2D eigenvalue weighted by Crippen LogP contribution is -2.32. The minimum Gasteiger partial charge on any atom is -0.495 e. The van der Waals surface area contributed by atoms with Gasteiger partial charge in [-0.1, -0.05) is 54.1 Å². The van der Waals surface area contributed by atoms with Crippen molar-refractivity contribution in [3.63, 3.8) is 0 Å². The number of aromatic nitrogens is 3. The molecule has 0 radical (unpaired) electrons. The SMILES string of the molecule is C=CC(=O)Cc1cccc(C)c1Nc1ncc2cc(-c3c(Cl)c(OC)cc(OC)c3Cl)c(=O)n(CC3CCC(NC(=O)/C=C/CN(C)C)C3)c2n1. The van der Waals surface area contributed by atoms with Gasteiger partial charge in [0.05, 0.1) is 29.8 Å². The average molecular weight is 734 g/mol. The summed E-state index contributed by atoms with van der Waals surface area (Å²) in [6, 6.07) is 8.88. The molecule has 13 heteroatoms. The zero-order valence-corrected chi connectivity index (χ0v) is 30.9. The minimum absolute atomic E-state index is 0.0344. The number of ketones is 1. The largest absolute Gasteiger partial charge is 0.495 e. The molecule has 0 aliphatic heterocycles. The quantitative estimate of drug-likeness (QED) is 0.139.